The van der Waals surface area contributed by atoms with E-state index in [4.69, 9.17) is 0 Å². The van der Waals surface area contributed by atoms with Crippen LogP contribution in [0, 0.1) is 18.3 Å². The highest BCUT2D eigenvalue weighted by atomic mass is 19.4. The first-order valence-electron chi connectivity index (χ1n) is 12.2. The van der Waals surface area contributed by atoms with Crippen molar-refractivity contribution in [3.05, 3.63) is 35.0 Å². The van der Waals surface area contributed by atoms with Gasteiger partial charge in [0.15, 0.2) is 5.69 Å². The number of nitrogens with one attached hydrogen (secondary N) is 1. The van der Waals surface area contributed by atoms with Crippen LogP contribution in [0.15, 0.2) is 18.2 Å². The summed E-state index contributed by atoms with van der Waals surface area (Å²) in [6.45, 7) is 2.64. The molecule has 1 amide bonds. The molecule has 1 aliphatic rings. The molecule has 1 aliphatic carbocycles. The zero-order valence-electron chi connectivity index (χ0n) is 21.7. The number of hydrogen-bond acceptors (Lipinski definition) is 4. The van der Waals surface area contributed by atoms with Gasteiger partial charge in [0.1, 0.15) is 5.75 Å². The molecule has 11 heteroatoms. The van der Waals surface area contributed by atoms with Gasteiger partial charge in [0.25, 0.3) is 5.91 Å². The molecule has 2 N–H and O–H groups in total. The number of rotatable bonds is 8. The topological polar surface area (TPSA) is 76.4 Å². The lowest BCUT2D eigenvalue weighted by atomic mass is 9.79. The average molecular weight is 532 g/mol. The molecule has 1 heterocycles. The number of nitrogens with zero attached hydrogens (tertiary/aromatic N) is 2. The number of alkyl halides is 5. The van der Waals surface area contributed by atoms with Crippen molar-refractivity contribution in [1.82, 2.24) is 15.1 Å². The second-order valence-corrected chi connectivity index (χ2v) is 10.8. The van der Waals surface area contributed by atoms with Crippen molar-refractivity contribution in [2.24, 2.45) is 18.4 Å². The summed E-state index contributed by atoms with van der Waals surface area (Å²) in [5, 5.41) is 17.8. The molecule has 1 fully saturated rings. The quantitative estimate of drug-likeness (QED) is 0.423. The molecule has 3 rings (SSSR count). The minimum absolute atomic E-state index is 0.0514. The lowest BCUT2D eigenvalue weighted by Crippen LogP contribution is -2.45. The second kappa shape index (κ2) is 10.6. The Kier molecular flexibility index (Phi) is 8.26. The fourth-order valence-corrected chi connectivity index (χ4v) is 4.70. The van der Waals surface area contributed by atoms with E-state index in [0.717, 1.165) is 26.7 Å². The molecule has 0 saturated heterocycles. The van der Waals surface area contributed by atoms with E-state index in [-0.39, 0.29) is 29.1 Å². The fraction of sp³-hybridized carbons (Fsp3) is 0.615. The number of carbonyl (C=O) groups excluding carboxylic acids is 1. The Labute approximate surface area is 213 Å². The van der Waals surface area contributed by atoms with Gasteiger partial charge in [-0.05, 0) is 62.6 Å². The summed E-state index contributed by atoms with van der Waals surface area (Å²) in [6.07, 6.45) is -2.04. The first-order valence-corrected chi connectivity index (χ1v) is 12.2. The van der Waals surface area contributed by atoms with E-state index in [1.165, 1.54) is 29.9 Å². The Morgan fingerprint density at radius 2 is 1.89 bits per heavy atom. The molecular formula is C26H34F5N3O3. The highest BCUT2D eigenvalue weighted by Gasteiger charge is 2.47. The van der Waals surface area contributed by atoms with E-state index in [1.54, 1.807) is 6.92 Å². The molecule has 0 bridgehead atoms. The van der Waals surface area contributed by atoms with Crippen molar-refractivity contribution >= 4 is 5.91 Å². The van der Waals surface area contributed by atoms with Crippen LogP contribution in [0.5, 0.6) is 5.75 Å². The lowest BCUT2D eigenvalue weighted by Gasteiger charge is -2.34. The van der Waals surface area contributed by atoms with E-state index in [0.29, 0.717) is 30.0 Å². The molecule has 0 radical (unpaired) electrons. The number of carbonyl (C=O) groups is 1. The van der Waals surface area contributed by atoms with Gasteiger partial charge in [0.05, 0.1) is 16.7 Å². The molecule has 206 valence electrons. The van der Waals surface area contributed by atoms with Gasteiger partial charge in [0.2, 0.25) is 0 Å². The monoisotopic (exact) mass is 531 g/mol. The van der Waals surface area contributed by atoms with Crippen molar-refractivity contribution in [1.29, 1.82) is 0 Å². The van der Waals surface area contributed by atoms with Gasteiger partial charge in [-0.1, -0.05) is 26.8 Å². The van der Waals surface area contributed by atoms with Crippen LogP contribution in [0.1, 0.15) is 68.1 Å². The first-order chi connectivity index (χ1) is 17.0. The third-order valence-electron chi connectivity index (χ3n) is 7.21. The number of ether oxygens (including phenoxy) is 1. The molecule has 1 aromatic heterocycles. The fourth-order valence-electron chi connectivity index (χ4n) is 4.70. The number of benzene rings is 1. The van der Waals surface area contributed by atoms with Gasteiger partial charge in [-0.15, -0.1) is 0 Å². The first kappa shape index (κ1) is 28.9. The van der Waals surface area contributed by atoms with Gasteiger partial charge in [-0.3, -0.25) is 9.48 Å². The molecule has 6 nitrogen and oxygen atoms in total. The van der Waals surface area contributed by atoms with Gasteiger partial charge in [0, 0.05) is 24.7 Å². The molecule has 1 saturated carbocycles. The Hall–Kier alpha value is -2.69. The molecule has 0 atom stereocenters. The van der Waals surface area contributed by atoms with Crippen LogP contribution in [0.3, 0.4) is 0 Å². The summed E-state index contributed by atoms with van der Waals surface area (Å²) < 4.78 is 72.6. The summed E-state index contributed by atoms with van der Waals surface area (Å²) >= 11 is 0. The van der Waals surface area contributed by atoms with E-state index in [1.807, 2.05) is 0 Å². The predicted molar refractivity (Wildman–Crippen MR) is 128 cm³/mol. The Morgan fingerprint density at radius 3 is 2.46 bits per heavy atom. The Balaban J connectivity index is 1.89. The van der Waals surface area contributed by atoms with Crippen LogP contribution in [0.25, 0.3) is 11.3 Å². The smallest absolute Gasteiger partial charge is 0.394 e. The minimum Gasteiger partial charge on any atom is -0.434 e. The largest absolute Gasteiger partial charge is 0.434 e. The van der Waals surface area contributed by atoms with Crippen molar-refractivity contribution in [2.75, 3.05) is 6.54 Å². The molecule has 2 aromatic rings. The number of halogens is 5. The SMILES string of the molecule is Cc1c(C(=O)NCC2(O)CCC(C)CC2)nn(C)c1-c1ccc(CC(C)(C)C(F)(F)F)cc1OC(F)F. The van der Waals surface area contributed by atoms with E-state index in [2.05, 4.69) is 22.1 Å². The Morgan fingerprint density at radius 1 is 1.27 bits per heavy atom. The van der Waals surface area contributed by atoms with Crippen molar-refractivity contribution in [2.45, 2.75) is 78.2 Å². The molecule has 37 heavy (non-hydrogen) atoms. The molecule has 0 spiro atoms. The Bertz CT molecular complexity index is 1120. The van der Waals surface area contributed by atoms with E-state index in [9.17, 15) is 31.9 Å². The number of aryl methyl sites for hydroxylation is 1. The third kappa shape index (κ3) is 6.61. The number of aromatic nitrogens is 2. The highest BCUT2D eigenvalue weighted by molar-refractivity contribution is 5.95. The van der Waals surface area contributed by atoms with E-state index >= 15 is 0 Å². The van der Waals surface area contributed by atoms with Gasteiger partial charge >= 0.3 is 12.8 Å². The maximum Gasteiger partial charge on any atom is 0.394 e. The van der Waals surface area contributed by atoms with Gasteiger partial charge in [-0.25, -0.2) is 0 Å². The predicted octanol–water partition coefficient (Wildman–Crippen LogP) is 5.80. The molecule has 0 unspecified atom stereocenters. The van der Waals surface area contributed by atoms with Crippen LogP contribution < -0.4 is 10.1 Å². The second-order valence-electron chi connectivity index (χ2n) is 10.8. The van der Waals surface area contributed by atoms with Crippen LogP contribution in [0.2, 0.25) is 0 Å². The van der Waals surface area contributed by atoms with Crippen LogP contribution >= 0.6 is 0 Å². The molecule has 1 aromatic carbocycles. The maximum atomic E-state index is 13.4. The van der Waals surface area contributed by atoms with Crippen LogP contribution in [-0.2, 0) is 13.5 Å². The maximum absolute atomic E-state index is 13.4. The summed E-state index contributed by atoms with van der Waals surface area (Å²) in [5.74, 6) is -0.312. The van der Waals surface area contributed by atoms with Gasteiger partial charge in [-0.2, -0.15) is 27.1 Å². The lowest BCUT2D eigenvalue weighted by molar-refractivity contribution is -0.211. The van der Waals surface area contributed by atoms with Gasteiger partial charge < -0.3 is 15.2 Å². The van der Waals surface area contributed by atoms with Crippen molar-refractivity contribution in [3.63, 3.8) is 0 Å². The van der Waals surface area contributed by atoms with Crippen LogP contribution in [0.4, 0.5) is 22.0 Å². The van der Waals surface area contributed by atoms with Crippen molar-refractivity contribution < 1.29 is 36.6 Å². The third-order valence-corrected chi connectivity index (χ3v) is 7.21. The van der Waals surface area contributed by atoms with E-state index < -0.39 is 36.1 Å². The minimum atomic E-state index is -4.49. The zero-order valence-corrected chi connectivity index (χ0v) is 21.7. The highest BCUT2D eigenvalue weighted by Crippen LogP contribution is 2.42. The zero-order chi connectivity index (χ0) is 27.8. The number of amides is 1. The number of hydrogen-bond donors (Lipinski definition) is 2. The number of aliphatic hydroxyl groups is 1. The summed E-state index contributed by atoms with van der Waals surface area (Å²) in [6, 6.07) is 3.99. The summed E-state index contributed by atoms with van der Waals surface area (Å²) in [4.78, 5) is 12.9. The standard InChI is InChI=1S/C26H34F5N3O3/c1-15-8-10-25(36,11-9-15)14-32-22(35)20-16(2)21(34(5)33-20)18-7-6-17(12-19(18)37-23(27)28)13-24(3,4)26(29,30)31/h6-7,12,15,23,36H,8-11,13-14H2,1-5H3,(H,32,35). The molecular weight excluding hydrogens is 497 g/mol. The average Bonchev–Trinajstić information content (AvgIpc) is 3.07. The summed E-state index contributed by atoms with van der Waals surface area (Å²) in [7, 11) is 1.53. The normalized spacial score (nSPS) is 20.8. The van der Waals surface area contributed by atoms with Crippen molar-refractivity contribution in [3.8, 4) is 17.0 Å². The van der Waals surface area contributed by atoms with Crippen LogP contribution in [-0.4, -0.2) is 45.7 Å². The summed E-state index contributed by atoms with van der Waals surface area (Å²) in [5.41, 5.74) is -1.98. The molecule has 0 aliphatic heterocycles.